The zero-order valence-corrected chi connectivity index (χ0v) is 43.4. The first kappa shape index (κ1) is 52.6. The van der Waals surface area contributed by atoms with E-state index in [1.165, 1.54) is 33.7 Å². The van der Waals surface area contributed by atoms with Crippen LogP contribution in [0.3, 0.4) is 0 Å². The minimum Gasteiger partial charge on any atom is -0.461 e. The molecule has 0 radical (unpaired) electrons. The monoisotopic (exact) mass is 1090 g/mol. The number of anilines is 3. The number of fused-ring (bicyclic) bond motifs is 7. The van der Waals surface area contributed by atoms with Gasteiger partial charge in [-0.3, -0.25) is 19.8 Å². The zero-order valence-electron chi connectivity index (χ0n) is 41.8. The van der Waals surface area contributed by atoms with Gasteiger partial charge in [0, 0.05) is 70.5 Å². The number of esters is 1. The van der Waals surface area contributed by atoms with Crippen molar-refractivity contribution in [2.24, 2.45) is 0 Å². The van der Waals surface area contributed by atoms with E-state index in [0.29, 0.717) is 22.3 Å². The predicted molar refractivity (Wildman–Crippen MR) is 283 cm³/mol. The SMILES string of the molecule is C=C/C(c1c(Cl)cc2c(N3CCN(C(=O)C(=C)COC(=O)Nc4cc5cc6c(nc5cc4F)-c4cc5c(c(=O)n4C6)COC(=O)C5O)CC3)nc(OCC34CCCN3CCC4)nc2c1F)=c1/c(C#N)c(N)s/c1=C\F.CC. The van der Waals surface area contributed by atoms with Crippen LogP contribution in [0.25, 0.3) is 45.1 Å². The van der Waals surface area contributed by atoms with Crippen molar-refractivity contribution in [2.45, 2.75) is 64.3 Å². The van der Waals surface area contributed by atoms with E-state index >= 15 is 8.78 Å². The number of benzene rings is 2. The van der Waals surface area contributed by atoms with Crippen LogP contribution in [0.1, 0.15) is 73.5 Å². The number of allylic oxidation sites excluding steroid dienone is 1. The fourth-order valence-corrected chi connectivity index (χ4v) is 12.1. The van der Waals surface area contributed by atoms with Crippen molar-refractivity contribution in [3.05, 3.63) is 120 Å². The molecule has 3 saturated heterocycles. The molecule has 0 aliphatic carbocycles. The third-order valence-electron chi connectivity index (χ3n) is 14.7. The molecule has 3 fully saturated rings. The number of aliphatic hydroxyl groups excluding tert-OH is 1. The second-order valence-corrected chi connectivity index (χ2v) is 20.4. The van der Waals surface area contributed by atoms with Gasteiger partial charge in [0.2, 0.25) is 0 Å². The lowest BCUT2D eigenvalue weighted by Crippen LogP contribution is -2.49. The van der Waals surface area contributed by atoms with Gasteiger partial charge in [0.1, 0.15) is 54.4 Å². The average Bonchev–Trinajstić information content (AvgIpc) is 4.22. The summed E-state index contributed by atoms with van der Waals surface area (Å²) in [5.41, 5.74) is 6.57. The van der Waals surface area contributed by atoms with Crippen molar-refractivity contribution in [3.8, 4) is 23.5 Å². The summed E-state index contributed by atoms with van der Waals surface area (Å²) in [4.78, 5) is 71.8. The van der Waals surface area contributed by atoms with E-state index in [1.54, 1.807) is 6.07 Å². The number of nitrogens with one attached hydrogen (secondary N) is 1. The molecule has 23 heteroatoms. The molecule has 11 rings (SSSR count). The average molecular weight is 1090 g/mol. The molecule has 4 N–H and O–H groups in total. The molecule has 0 bridgehead atoms. The number of rotatable bonds is 10. The maximum Gasteiger partial charge on any atom is 0.412 e. The zero-order chi connectivity index (χ0) is 54.6. The lowest BCUT2D eigenvalue weighted by atomic mass is 9.95. The van der Waals surface area contributed by atoms with E-state index in [1.807, 2.05) is 24.8 Å². The van der Waals surface area contributed by atoms with Gasteiger partial charge >= 0.3 is 18.1 Å². The van der Waals surface area contributed by atoms with Gasteiger partial charge in [0.05, 0.1) is 55.4 Å². The standard InChI is InChI=1S/C52H44ClF3N10O8S.C2H6/c1-3-28(39-31(20-57)45(58)75-38(39)19-54)40-33(53)16-30-43(41(40)56)61-50(74-24-52-6-4-8-65(52)9-5-7-52)62-46(30)63-10-12-64(13-11-63)47(68)25(2)22-73-51(71)60-36-15-26-14-27-21-66-37(42(27)59-35(26)18-34(36)55)17-29-32(48(66)69)23-72-49(70)44(29)67;1-2/h3,14-19,44,67H,1-2,4-13,21-24,58H2,(H,60,71);1-2H3/b38-19-,39-28+;. The first-order valence-corrected chi connectivity index (χ1v) is 26.1. The number of nitrogens with two attached hydrogens (primary N) is 1. The maximum absolute atomic E-state index is 17.3. The second kappa shape index (κ2) is 20.9. The van der Waals surface area contributed by atoms with Gasteiger partial charge in [-0.1, -0.05) is 44.7 Å². The van der Waals surface area contributed by atoms with Crippen LogP contribution in [0, 0.1) is 23.0 Å². The lowest BCUT2D eigenvalue weighted by molar-refractivity contribution is -0.157. The van der Waals surface area contributed by atoms with Crippen LogP contribution in [0.2, 0.25) is 5.02 Å². The van der Waals surface area contributed by atoms with Crippen LogP contribution in [0.15, 0.2) is 59.9 Å². The molecule has 1 unspecified atom stereocenters. The number of aliphatic hydroxyl groups is 1. The number of cyclic esters (lactones) is 1. The van der Waals surface area contributed by atoms with Crippen molar-refractivity contribution in [1.29, 1.82) is 5.26 Å². The number of carbonyl (C=O) groups excluding carboxylic acids is 3. The fourth-order valence-electron chi connectivity index (χ4n) is 11.0. The highest BCUT2D eigenvalue weighted by atomic mass is 35.5. The Labute approximate surface area is 446 Å². The van der Waals surface area contributed by atoms with E-state index in [2.05, 4.69) is 33.3 Å². The number of halogens is 4. The maximum atomic E-state index is 17.3. The number of nitrogen functional groups attached to an aromatic ring is 1. The molecule has 2 aromatic carbocycles. The minimum absolute atomic E-state index is 0.0166. The van der Waals surface area contributed by atoms with Crippen molar-refractivity contribution in [2.75, 3.05) is 68.4 Å². The molecule has 1 atom stereocenters. The van der Waals surface area contributed by atoms with Crippen LogP contribution < -0.4 is 36.0 Å². The summed E-state index contributed by atoms with van der Waals surface area (Å²) >= 11 is 7.72. The molecule has 6 aromatic rings. The van der Waals surface area contributed by atoms with Gasteiger partial charge in [0.15, 0.2) is 11.9 Å². The Balaban J connectivity index is 0.00000332. The highest BCUT2D eigenvalue weighted by Gasteiger charge is 2.45. The van der Waals surface area contributed by atoms with Gasteiger partial charge in [-0.15, -0.1) is 11.3 Å². The molecule has 0 spiro atoms. The van der Waals surface area contributed by atoms with Gasteiger partial charge in [-0.2, -0.15) is 15.2 Å². The van der Waals surface area contributed by atoms with Crippen LogP contribution in [0.4, 0.5) is 34.5 Å². The summed E-state index contributed by atoms with van der Waals surface area (Å²) in [7, 11) is 0. The van der Waals surface area contributed by atoms with Crippen LogP contribution in [-0.2, 0) is 32.2 Å². The molecule has 18 nitrogen and oxygen atoms in total. The van der Waals surface area contributed by atoms with Crippen molar-refractivity contribution in [1.82, 2.24) is 29.3 Å². The second-order valence-electron chi connectivity index (χ2n) is 18.9. The number of piperazine rings is 1. The van der Waals surface area contributed by atoms with Gasteiger partial charge in [-0.25, -0.2) is 27.7 Å². The van der Waals surface area contributed by atoms with Gasteiger partial charge in [-0.05, 0) is 68.6 Å². The molecular weight excluding hydrogens is 1040 g/mol. The minimum atomic E-state index is -1.63. The number of ether oxygens (including phenoxy) is 3. The van der Waals surface area contributed by atoms with E-state index in [9.17, 15) is 33.9 Å². The highest BCUT2D eigenvalue weighted by molar-refractivity contribution is 7.14. The molecule has 398 valence electrons. The summed E-state index contributed by atoms with van der Waals surface area (Å²) < 4.78 is 65.1. The van der Waals surface area contributed by atoms with E-state index in [0.717, 1.165) is 56.2 Å². The Hall–Kier alpha value is -7.84. The third kappa shape index (κ3) is 9.19. The summed E-state index contributed by atoms with van der Waals surface area (Å²) in [5.74, 6) is -2.83. The Morgan fingerprint density at radius 3 is 2.52 bits per heavy atom. The third-order valence-corrected chi connectivity index (χ3v) is 15.9. The molecule has 4 aromatic heterocycles. The molecule has 5 aliphatic heterocycles. The molecule has 9 heterocycles. The molecule has 5 aliphatic rings. The number of nitriles is 1. The Kier molecular flexibility index (Phi) is 14.3. The molecule has 2 amide bonds. The van der Waals surface area contributed by atoms with Crippen LogP contribution in [-0.4, -0.2) is 110 Å². The highest BCUT2D eigenvalue weighted by Crippen LogP contribution is 2.41. The summed E-state index contributed by atoms with van der Waals surface area (Å²) in [5, 5.41) is 23.4. The first-order valence-electron chi connectivity index (χ1n) is 24.9. The van der Waals surface area contributed by atoms with Crippen molar-refractivity contribution >= 4 is 91.1 Å². The summed E-state index contributed by atoms with van der Waals surface area (Å²) in [6.45, 7) is 13.8. The number of pyridine rings is 2. The Morgan fingerprint density at radius 1 is 1.08 bits per heavy atom. The normalized spacial score (nSPS) is 17.9. The number of hydrogen-bond acceptors (Lipinski definition) is 16. The lowest BCUT2D eigenvalue weighted by Gasteiger charge is -2.36. The summed E-state index contributed by atoms with van der Waals surface area (Å²) in [6.07, 6.45) is 2.76. The number of aromatic nitrogens is 4. The van der Waals surface area contributed by atoms with Gasteiger partial charge < -0.3 is 39.4 Å². The van der Waals surface area contributed by atoms with Crippen LogP contribution in [0.5, 0.6) is 6.01 Å². The fraction of sp³-hybridized carbons (Fsp3) is 0.333. The number of nitrogens with zero attached hydrogens (tertiary/aromatic N) is 8. The van der Waals surface area contributed by atoms with Crippen LogP contribution >= 0.6 is 22.9 Å². The number of hydrogen-bond donors (Lipinski definition) is 3. The van der Waals surface area contributed by atoms with Crippen molar-refractivity contribution < 1.29 is 46.9 Å². The Bertz CT molecular complexity index is 3750. The smallest absolute Gasteiger partial charge is 0.412 e. The topological polar surface area (TPSA) is 231 Å². The molecule has 77 heavy (non-hydrogen) atoms. The summed E-state index contributed by atoms with van der Waals surface area (Å²) in [6, 6.07) is 9.05. The van der Waals surface area contributed by atoms with Crippen molar-refractivity contribution in [3.63, 3.8) is 0 Å². The van der Waals surface area contributed by atoms with Gasteiger partial charge in [0.25, 0.3) is 11.5 Å². The molecule has 0 saturated carbocycles. The first-order chi connectivity index (χ1) is 37.1. The van der Waals surface area contributed by atoms with E-state index < -0.39 is 47.9 Å². The quantitative estimate of drug-likeness (QED) is 0.0983. The largest absolute Gasteiger partial charge is 0.461 e. The number of carbonyl (C=O) groups is 3. The number of amides is 2. The number of thiophene rings is 1. The van der Waals surface area contributed by atoms with E-state index in [-0.39, 0.29) is 145 Å². The Morgan fingerprint density at radius 2 is 1.82 bits per heavy atom. The molecular formula is C54H50ClF3N10O8S. The predicted octanol–water partition coefficient (Wildman–Crippen LogP) is 6.48. The van der Waals surface area contributed by atoms with E-state index in [4.69, 9.17) is 36.5 Å².